The molecule has 3 aromatic rings. The Bertz CT molecular complexity index is 1450. The first-order valence-corrected chi connectivity index (χ1v) is 14.1. The molecule has 9 heteroatoms. The second-order valence-electron chi connectivity index (χ2n) is 10.5. The second kappa shape index (κ2) is 9.95. The number of nitrogens with zero attached hydrogens (tertiary/aromatic N) is 2. The van der Waals surface area contributed by atoms with Crippen molar-refractivity contribution in [3.05, 3.63) is 97.5 Å². The fourth-order valence-electron chi connectivity index (χ4n) is 6.80. The van der Waals surface area contributed by atoms with E-state index in [9.17, 15) is 14.9 Å². The maximum absolute atomic E-state index is 13.7. The van der Waals surface area contributed by atoms with Gasteiger partial charge in [-0.05, 0) is 71.9 Å². The van der Waals surface area contributed by atoms with Crippen LogP contribution in [0, 0.1) is 17.0 Å². The van der Waals surface area contributed by atoms with Gasteiger partial charge in [0.25, 0.3) is 11.9 Å². The Labute approximate surface area is 235 Å². The Balaban J connectivity index is 1.43. The monoisotopic (exact) mass is 591 g/mol. The van der Waals surface area contributed by atoms with Crippen LogP contribution >= 0.6 is 15.9 Å². The lowest BCUT2D eigenvalue weighted by molar-refractivity contribution is -0.534. The number of amides is 1. The summed E-state index contributed by atoms with van der Waals surface area (Å²) in [7, 11) is 0. The number of aryl methyl sites for hydroxylation is 1. The molecule has 3 heterocycles. The third-order valence-corrected chi connectivity index (χ3v) is 8.90. The molecule has 2 fully saturated rings. The van der Waals surface area contributed by atoms with Gasteiger partial charge in [0.05, 0.1) is 17.0 Å². The minimum atomic E-state index is -1.36. The summed E-state index contributed by atoms with van der Waals surface area (Å²) in [4.78, 5) is 28.5. The molecule has 0 aliphatic carbocycles. The molecule has 3 aliphatic heterocycles. The van der Waals surface area contributed by atoms with Crippen molar-refractivity contribution < 1.29 is 19.2 Å². The van der Waals surface area contributed by atoms with Crippen LogP contribution in [0.15, 0.2) is 65.1 Å². The van der Waals surface area contributed by atoms with E-state index < -0.39 is 17.5 Å². The minimum Gasteiger partial charge on any atom is -0.490 e. The molecule has 3 aromatic carbocycles. The minimum absolute atomic E-state index is 0.155. The smallest absolute Gasteiger partial charge is 0.256 e. The molecule has 2 saturated heterocycles. The van der Waals surface area contributed by atoms with E-state index in [1.807, 2.05) is 74.5 Å². The summed E-state index contributed by atoms with van der Waals surface area (Å²) in [6.45, 7) is 5.33. The highest BCUT2D eigenvalue weighted by atomic mass is 79.9. The van der Waals surface area contributed by atoms with Crippen molar-refractivity contribution in [3.8, 4) is 11.5 Å². The first kappa shape index (κ1) is 25.8. The molecule has 0 saturated carbocycles. The van der Waals surface area contributed by atoms with E-state index in [1.165, 1.54) is 5.56 Å². The number of anilines is 1. The number of ether oxygens (including phenoxy) is 2. The quantitative estimate of drug-likeness (QED) is 0.276. The molecular weight excluding hydrogens is 562 g/mol. The predicted molar refractivity (Wildman–Crippen MR) is 151 cm³/mol. The van der Waals surface area contributed by atoms with Crippen molar-refractivity contribution in [2.75, 3.05) is 18.5 Å². The molecule has 1 amide bonds. The van der Waals surface area contributed by atoms with E-state index in [0.717, 1.165) is 24.0 Å². The molecule has 39 heavy (non-hydrogen) atoms. The summed E-state index contributed by atoms with van der Waals surface area (Å²) >= 11 is 3.67. The Morgan fingerprint density at radius 3 is 2.67 bits per heavy atom. The van der Waals surface area contributed by atoms with Gasteiger partial charge in [-0.3, -0.25) is 19.8 Å². The molecular formula is C30H30BrN3O5. The highest BCUT2D eigenvalue weighted by molar-refractivity contribution is 9.10. The van der Waals surface area contributed by atoms with Gasteiger partial charge in [0, 0.05) is 28.8 Å². The predicted octanol–water partition coefficient (Wildman–Crippen LogP) is 5.79. The number of hydrogen-bond donors (Lipinski definition) is 1. The topological polar surface area (TPSA) is 93.9 Å². The van der Waals surface area contributed by atoms with E-state index >= 15 is 0 Å². The molecule has 0 aromatic heterocycles. The summed E-state index contributed by atoms with van der Waals surface area (Å²) in [6.07, 6.45) is 1.65. The first-order chi connectivity index (χ1) is 18.9. The van der Waals surface area contributed by atoms with Gasteiger partial charge < -0.3 is 14.8 Å². The zero-order valence-corrected chi connectivity index (χ0v) is 23.4. The third-order valence-electron chi connectivity index (χ3n) is 8.31. The lowest BCUT2D eigenvalue weighted by Gasteiger charge is -2.32. The SMILES string of the molecule is CCOc1cc([C@H]2[C@H]([N+](=O)[O-])[C@@]3(C(=O)Nc4ccccc43)N3CCC[C@@H]23)cc(Br)c1OCc1ccc(C)cc1. The van der Waals surface area contributed by atoms with Crippen LogP contribution in [0.1, 0.15) is 47.9 Å². The normalized spacial score (nSPS) is 25.4. The van der Waals surface area contributed by atoms with Gasteiger partial charge in [-0.15, -0.1) is 0 Å². The van der Waals surface area contributed by atoms with Crippen LogP contribution in [0.5, 0.6) is 11.5 Å². The molecule has 3 aliphatic rings. The van der Waals surface area contributed by atoms with Gasteiger partial charge in [0.1, 0.15) is 6.61 Å². The van der Waals surface area contributed by atoms with Gasteiger partial charge in [-0.2, -0.15) is 0 Å². The summed E-state index contributed by atoms with van der Waals surface area (Å²) in [5, 5.41) is 15.9. The van der Waals surface area contributed by atoms with Crippen LogP contribution in [-0.2, 0) is 16.9 Å². The number of hydrogen-bond acceptors (Lipinski definition) is 6. The van der Waals surface area contributed by atoms with Gasteiger partial charge in [-0.25, -0.2) is 0 Å². The zero-order valence-electron chi connectivity index (χ0n) is 21.9. The molecule has 0 bridgehead atoms. The van der Waals surface area contributed by atoms with Gasteiger partial charge in [0.15, 0.2) is 17.0 Å². The Morgan fingerprint density at radius 1 is 1.15 bits per heavy atom. The van der Waals surface area contributed by atoms with Crippen LogP contribution in [0.2, 0.25) is 0 Å². The zero-order chi connectivity index (χ0) is 27.3. The Kier molecular flexibility index (Phi) is 6.59. The third kappa shape index (κ3) is 4.02. The summed E-state index contributed by atoms with van der Waals surface area (Å²) in [5.74, 6) is 0.250. The first-order valence-electron chi connectivity index (χ1n) is 13.3. The van der Waals surface area contributed by atoms with Crippen molar-refractivity contribution in [1.82, 2.24) is 4.90 Å². The molecule has 6 rings (SSSR count). The van der Waals surface area contributed by atoms with Gasteiger partial charge in [0.2, 0.25) is 0 Å². The fraction of sp³-hybridized carbons (Fsp3) is 0.367. The molecule has 0 unspecified atom stereocenters. The fourth-order valence-corrected chi connectivity index (χ4v) is 7.37. The molecule has 202 valence electrons. The van der Waals surface area contributed by atoms with Crippen LogP contribution in [-0.4, -0.2) is 41.0 Å². The number of carbonyl (C=O) groups is 1. The highest BCUT2D eigenvalue weighted by Gasteiger charge is 2.73. The van der Waals surface area contributed by atoms with Crippen LogP contribution in [0.25, 0.3) is 0 Å². The molecule has 1 N–H and O–H groups in total. The van der Waals surface area contributed by atoms with Gasteiger partial charge in [-0.1, -0.05) is 48.0 Å². The Morgan fingerprint density at radius 2 is 1.92 bits per heavy atom. The number of halogens is 1. The van der Waals surface area contributed by atoms with Crippen molar-refractivity contribution in [3.63, 3.8) is 0 Å². The Hall–Kier alpha value is -3.43. The number of nitrogens with one attached hydrogen (secondary N) is 1. The van der Waals surface area contributed by atoms with Crippen LogP contribution in [0.3, 0.4) is 0 Å². The summed E-state index contributed by atoms with van der Waals surface area (Å²) < 4.78 is 12.9. The second-order valence-corrected chi connectivity index (χ2v) is 11.3. The van der Waals surface area contributed by atoms with Crippen molar-refractivity contribution in [2.24, 2.45) is 0 Å². The largest absolute Gasteiger partial charge is 0.490 e. The molecule has 4 atom stereocenters. The molecule has 0 radical (unpaired) electrons. The number of rotatable bonds is 7. The van der Waals surface area contributed by atoms with E-state index in [2.05, 4.69) is 26.1 Å². The average molecular weight is 592 g/mol. The van der Waals surface area contributed by atoms with Crippen LogP contribution < -0.4 is 14.8 Å². The van der Waals surface area contributed by atoms with Crippen molar-refractivity contribution in [2.45, 2.75) is 56.8 Å². The lowest BCUT2D eigenvalue weighted by Crippen LogP contribution is -2.55. The number of fused-ring (bicyclic) bond motifs is 4. The molecule has 8 nitrogen and oxygen atoms in total. The maximum Gasteiger partial charge on any atom is 0.256 e. The summed E-state index contributed by atoms with van der Waals surface area (Å²) in [6, 6.07) is 18.0. The van der Waals surface area contributed by atoms with Crippen molar-refractivity contribution in [1.29, 1.82) is 0 Å². The summed E-state index contributed by atoms with van der Waals surface area (Å²) in [5.41, 5.74) is 2.95. The lowest BCUT2D eigenvalue weighted by atomic mass is 9.77. The van der Waals surface area contributed by atoms with Crippen LogP contribution in [0.4, 0.5) is 5.69 Å². The molecule has 1 spiro atoms. The number of benzene rings is 3. The van der Waals surface area contributed by atoms with Crippen molar-refractivity contribution >= 4 is 27.5 Å². The number of carbonyl (C=O) groups excluding carboxylic acids is 1. The van der Waals surface area contributed by atoms with E-state index in [-0.39, 0.29) is 16.9 Å². The number of para-hydroxylation sites is 1. The highest BCUT2D eigenvalue weighted by Crippen LogP contribution is 2.58. The number of nitro groups is 1. The van der Waals surface area contributed by atoms with Gasteiger partial charge >= 0.3 is 0 Å². The van der Waals surface area contributed by atoms with E-state index in [0.29, 0.717) is 47.0 Å². The van der Waals surface area contributed by atoms with E-state index in [1.54, 1.807) is 0 Å². The maximum atomic E-state index is 13.7. The average Bonchev–Trinajstić information content (AvgIpc) is 3.57. The van der Waals surface area contributed by atoms with E-state index in [4.69, 9.17) is 9.47 Å². The standard InChI is InChI=1S/C30H30BrN3O5/c1-3-38-25-16-20(15-22(31)27(25)39-17-19-12-10-18(2)11-13-19)26-24-9-6-14-33(24)30(28(26)34(36)37)21-7-4-5-8-23(21)32-29(30)35/h4-5,7-8,10-13,15-16,24,26,28H,3,6,9,14,17H2,1-2H3,(H,32,35)/t24-,26+,28-,30-/m0/s1.